The van der Waals surface area contributed by atoms with Gasteiger partial charge in [0.15, 0.2) is 6.10 Å². The van der Waals surface area contributed by atoms with Crippen molar-refractivity contribution >= 4 is 163 Å². The highest BCUT2D eigenvalue weighted by Gasteiger charge is 2.41. The number of esters is 1. The molecule has 0 aliphatic carbocycles. The zero-order valence-electron chi connectivity index (χ0n) is 75.5. The van der Waals surface area contributed by atoms with Gasteiger partial charge < -0.3 is 68.4 Å². The minimum absolute atomic E-state index is 0. The van der Waals surface area contributed by atoms with Crippen molar-refractivity contribution in [2.75, 3.05) is 91.4 Å². The van der Waals surface area contributed by atoms with Crippen molar-refractivity contribution in [3.63, 3.8) is 0 Å². The predicted molar refractivity (Wildman–Crippen MR) is 535 cm³/mol. The number of aliphatic hydroxyl groups excluding tert-OH is 1. The van der Waals surface area contributed by atoms with E-state index in [0.29, 0.717) is 74.6 Å². The predicted octanol–water partition coefficient (Wildman–Crippen LogP) is 16.6. The Morgan fingerprint density at radius 2 is 0.934 bits per heavy atom. The van der Waals surface area contributed by atoms with Gasteiger partial charge in [-0.15, -0.1) is 0 Å². The number of para-hydroxylation sites is 5. The molecule has 0 bridgehead atoms. The van der Waals surface area contributed by atoms with Gasteiger partial charge in [0.2, 0.25) is 29.5 Å². The first-order valence-corrected chi connectivity index (χ1v) is 43.4. The summed E-state index contributed by atoms with van der Waals surface area (Å²) >= 11 is 4.97. The van der Waals surface area contributed by atoms with Crippen LogP contribution < -0.4 is 31.1 Å². The third kappa shape index (κ3) is 32.1. The van der Waals surface area contributed by atoms with Crippen molar-refractivity contribution in [2.45, 2.75) is 109 Å². The number of carboxylic acids is 1. The van der Waals surface area contributed by atoms with Crippen molar-refractivity contribution in [3.05, 3.63) is 283 Å². The van der Waals surface area contributed by atoms with Crippen LogP contribution in [0.1, 0.15) is 91.6 Å². The van der Waals surface area contributed by atoms with Gasteiger partial charge in [0.05, 0.1) is 55.3 Å². The van der Waals surface area contributed by atoms with Crippen LogP contribution in [-0.4, -0.2) is 193 Å². The Morgan fingerprint density at radius 3 is 1.35 bits per heavy atom. The molecule has 34 nitrogen and oxygen atoms in total. The normalized spacial score (nSPS) is 16.0. The zero-order chi connectivity index (χ0) is 93.3. The molecule has 39 heteroatoms. The van der Waals surface area contributed by atoms with Gasteiger partial charge in [-0.1, -0.05) is 193 Å². The van der Waals surface area contributed by atoms with Crippen LogP contribution in [0.25, 0.3) is 44.6 Å². The molecule has 136 heavy (non-hydrogen) atoms. The van der Waals surface area contributed by atoms with E-state index in [-0.39, 0.29) is 111 Å². The number of aryl methyl sites for hydroxylation is 4. The van der Waals surface area contributed by atoms with Crippen LogP contribution in [0.3, 0.4) is 0 Å². The fourth-order valence-corrected chi connectivity index (χ4v) is 14.3. The summed E-state index contributed by atoms with van der Waals surface area (Å²) in [7, 11) is 3.87. The van der Waals surface area contributed by atoms with Gasteiger partial charge >= 0.3 is 41.7 Å². The first-order valence-electron chi connectivity index (χ1n) is 43.0. The number of hydrogen-bond donors (Lipinski definition) is 5. The van der Waals surface area contributed by atoms with Gasteiger partial charge in [-0.3, -0.25) is 39.0 Å². The summed E-state index contributed by atoms with van der Waals surface area (Å²) in [6.07, 6.45) is 0.875. The lowest BCUT2D eigenvalue weighted by atomic mass is 9.96. The minimum atomic E-state index is -1.12. The number of amides is 5. The minimum Gasteiger partial charge on any atom is -0.478 e. The van der Waals surface area contributed by atoms with Crippen LogP contribution in [0, 0.1) is 13.8 Å². The fourth-order valence-electron chi connectivity index (χ4n) is 14.3. The Balaban J connectivity index is 0.000000200. The number of carbonyl (C=O) groups excluding carboxylic acids is 7. The number of ether oxygens (including phenoxy) is 7. The highest BCUT2D eigenvalue weighted by Crippen LogP contribution is 2.34. The SMILES string of the molecule is CCCC(=O)OC[C@@H]1CO1.Cc1nn(C)c2cc(-c3noc(C4CCN(C(=O)[C@@H]5CN(c6ccccc6)C(=O)O5)CC4)n3)ccc12.Cc1nn(C)c2cc(-c3noc(C4CCNCC4)n3)ccc12.Nc1ccccc1.O=C(Cl)OCc1ccccc1.O=C(Nc1ccccc1)OCc1ccccc1.O=C(O)[C@@H]1CN(c2ccccc2)C(=O)O1.O=C1O[C@H](CO)CN1c1ccccc1.S.S.S.S. The number of rotatable bonds is 19. The number of aliphatic carboxylic acids is 1. The van der Waals surface area contributed by atoms with Crippen LogP contribution in [-0.2, 0) is 74.9 Å². The Bertz CT molecular complexity index is 5910. The number of benzene rings is 9. The number of nitrogens with one attached hydrogen (secondary N) is 2. The number of carbonyl (C=O) groups is 8. The number of nitrogen functional groups attached to an aromatic ring is 1. The summed E-state index contributed by atoms with van der Waals surface area (Å²) in [4.78, 5) is 106. The summed E-state index contributed by atoms with van der Waals surface area (Å²) in [6, 6.07) is 77.2. The number of anilines is 5. The van der Waals surface area contributed by atoms with Crippen LogP contribution in [0.4, 0.5) is 52.4 Å². The summed E-state index contributed by atoms with van der Waals surface area (Å²) in [5, 5.41) is 43.1. The molecule has 6 aliphatic heterocycles. The largest absolute Gasteiger partial charge is 0.478 e. The Kier molecular flexibility index (Phi) is 43.4. The number of aliphatic hydroxyl groups is 1. The van der Waals surface area contributed by atoms with Crippen LogP contribution in [0.2, 0.25) is 0 Å². The topological polar surface area (TPSA) is 421 Å². The average molecular weight is 1960 g/mol. The number of epoxide rings is 1. The van der Waals surface area contributed by atoms with Crippen molar-refractivity contribution in [2.24, 2.45) is 14.1 Å². The molecule has 6 saturated heterocycles. The molecule has 4 atom stereocenters. The lowest BCUT2D eigenvalue weighted by molar-refractivity contribution is -0.145. The number of likely N-dealkylation sites (tertiary alicyclic amines) is 1. The number of hydrogen-bond acceptors (Lipinski definition) is 26. The second-order valence-corrected chi connectivity index (χ2v) is 31.2. The molecule has 6 aliphatic rings. The van der Waals surface area contributed by atoms with Gasteiger partial charge in [-0.05, 0) is 143 Å². The third-order valence-corrected chi connectivity index (χ3v) is 21.4. The first-order chi connectivity index (χ1) is 64.0. The molecule has 6 N–H and O–H groups in total. The molecule has 0 unspecified atom stereocenters. The number of nitrogens with two attached hydrogens (primary N) is 1. The van der Waals surface area contributed by atoms with Gasteiger partial charge in [0.25, 0.3) is 5.91 Å². The lowest BCUT2D eigenvalue weighted by Gasteiger charge is -2.31. The quantitative estimate of drug-likeness (QED) is 0.0165. The van der Waals surface area contributed by atoms with E-state index in [9.17, 15) is 38.4 Å². The van der Waals surface area contributed by atoms with Crippen LogP contribution in [0.15, 0.2) is 258 Å². The highest BCUT2D eigenvalue weighted by atomic mass is 35.5. The maximum atomic E-state index is 13.1. The fraction of sp³-hybridized carbons (Fsp3) is 0.299. The summed E-state index contributed by atoms with van der Waals surface area (Å²) in [5.74, 6) is 1.61. The van der Waals surface area contributed by atoms with Gasteiger partial charge in [-0.25, -0.2) is 28.8 Å². The number of cyclic esters (lactones) is 3. The lowest BCUT2D eigenvalue weighted by Crippen LogP contribution is -2.45. The monoisotopic (exact) mass is 1950 g/mol. The molecule has 0 radical (unpaired) electrons. The Morgan fingerprint density at radius 1 is 0.522 bits per heavy atom. The van der Waals surface area contributed by atoms with Crippen molar-refractivity contribution in [1.29, 1.82) is 0 Å². The van der Waals surface area contributed by atoms with Gasteiger partial charge in [-0.2, -0.15) is 74.1 Å². The van der Waals surface area contributed by atoms with Gasteiger partial charge in [0, 0.05) is 107 Å². The highest BCUT2D eigenvalue weighted by molar-refractivity contribution is 7.59. The van der Waals surface area contributed by atoms with E-state index < -0.39 is 54.1 Å². The Hall–Kier alpha value is -13.5. The van der Waals surface area contributed by atoms with E-state index in [1.165, 1.54) is 14.7 Å². The number of carboxylic acid groups (broad SMARTS) is 1. The standard InChI is InChI=1S/C26H26N6O4.C16H19N5O.C14H13NO2.C10H9NO4.C10H11NO3.C8H7ClO2.C7H12O3.C6H7N.4H2S/c1-16-20-9-8-18(14-21(20)30(2)28-16)23-27-24(36-29-23)17-10-12-31(13-11-17)25(33)22-15-32(26(34)35-22)19-6-4-3-5-7-19;1-10-13-4-3-12(9-14(13)21(2)19-10)15-18-16(22-20-15)11-5-7-17-8-6-11;16-14(15-13-9-5-2-6-10-13)17-11-12-7-3-1-4-8-12;12-9(13)8-6-11(10(14)15-8)7-4-2-1-3-5-7;12-7-9-6-11(10(13)14-9)8-4-2-1-3-5-8;9-8(10)11-6-7-4-2-1-3-5-7;1-2-3-7(8)10-5-6-4-9-6;7-6-4-2-1-3-5-6;;;;/h3-9,14,17,22H,10-13,15H2,1-2H3;3-4,9,11,17H,5-8H2,1-2H3;1-10H,11H2,(H,15,16);1-5,8H,6H2,(H,12,13);1-5,9,12H,6-7H2;1-5H,6H2;6H,2-5H2,1H3;1-5H,7H2;4*1H2/t22-;;;8-;9-;;6-;;;;;/m0..00.0...../s1. The molecule has 9 aromatic carbocycles. The molecule has 4 aromatic heterocycles. The van der Waals surface area contributed by atoms with Crippen molar-refractivity contribution in [1.82, 2.24) is 50.1 Å². The van der Waals surface area contributed by atoms with Crippen molar-refractivity contribution < 1.29 is 90.8 Å². The molecule has 10 heterocycles. The first kappa shape index (κ1) is 108. The second-order valence-electron chi connectivity index (χ2n) is 30.9. The molecule has 19 rings (SSSR count). The van der Waals surface area contributed by atoms with Crippen LogP contribution in [0.5, 0.6) is 0 Å². The second kappa shape index (κ2) is 54.8. The summed E-state index contributed by atoms with van der Waals surface area (Å²) in [5.41, 5.74) is 16.2. The molecule has 0 spiro atoms. The van der Waals surface area contributed by atoms with E-state index in [1.54, 1.807) is 29.2 Å². The number of nitrogens with zero attached hydrogens (tertiary/aromatic N) is 12. The number of piperidine rings is 2. The smallest absolute Gasteiger partial charge is 0.415 e. The molecular weight excluding hydrogens is 1840 g/mol. The number of fused-ring (bicyclic) bond motifs is 2. The van der Waals surface area contributed by atoms with E-state index in [4.69, 9.17) is 60.3 Å². The number of halogens is 1. The molecule has 6 fully saturated rings. The molecular formula is C97H112ClN15O19S4. The molecule has 13 aromatic rings. The molecule has 0 saturated carbocycles. The van der Waals surface area contributed by atoms with E-state index >= 15 is 0 Å². The maximum Gasteiger partial charge on any atom is 0.415 e. The molecule has 720 valence electrons. The van der Waals surface area contributed by atoms with Crippen molar-refractivity contribution in [3.8, 4) is 22.8 Å². The van der Waals surface area contributed by atoms with E-state index in [2.05, 4.69) is 62.7 Å². The third-order valence-electron chi connectivity index (χ3n) is 21.3. The Labute approximate surface area is 819 Å². The summed E-state index contributed by atoms with van der Waals surface area (Å²) < 4.78 is 49.2. The van der Waals surface area contributed by atoms with Gasteiger partial charge in [0.1, 0.15) is 32.0 Å². The zero-order valence-corrected chi connectivity index (χ0v) is 80.3. The number of aromatic nitrogens is 8. The molecule has 5 amide bonds. The van der Waals surface area contributed by atoms with E-state index in [0.717, 1.165) is 123 Å². The van der Waals surface area contributed by atoms with Crippen LogP contribution >= 0.6 is 65.6 Å². The maximum absolute atomic E-state index is 13.1. The average Bonchev–Trinajstić information content (AvgIpc) is 1.66. The van der Waals surface area contributed by atoms with E-state index in [1.807, 2.05) is 257 Å². The summed E-state index contributed by atoms with van der Waals surface area (Å²) in [6.45, 7) is 11.3.